The van der Waals surface area contributed by atoms with E-state index in [0.29, 0.717) is 13.0 Å². The van der Waals surface area contributed by atoms with Crippen molar-refractivity contribution in [3.63, 3.8) is 0 Å². The number of fused-ring (bicyclic) bond motifs is 1. The first kappa shape index (κ1) is 12.9. The number of aryl methyl sites for hydroxylation is 1. The van der Waals surface area contributed by atoms with E-state index in [1.807, 2.05) is 39.7 Å². The second kappa shape index (κ2) is 5.46. The Balaban J connectivity index is 1.91. The van der Waals surface area contributed by atoms with Crippen molar-refractivity contribution < 1.29 is 9.36 Å². The van der Waals surface area contributed by atoms with Crippen LogP contribution in [0.4, 0.5) is 0 Å². The molecule has 0 N–H and O–H groups in total. The average molecular weight is 333 g/mol. The molecule has 0 aliphatic heterocycles. The molecule has 3 heterocycles. The van der Waals surface area contributed by atoms with Crippen LogP contribution in [0.1, 0.15) is 6.42 Å². The van der Waals surface area contributed by atoms with E-state index in [9.17, 15) is 4.79 Å². The second-order valence-electron chi connectivity index (χ2n) is 4.27. The summed E-state index contributed by atoms with van der Waals surface area (Å²) in [6, 6.07) is 3.91. The number of aromatic nitrogens is 5. The number of rotatable bonds is 4. The first-order valence-corrected chi connectivity index (χ1v) is 6.85. The molecule has 3 aromatic heterocycles. The molecule has 0 saturated carbocycles. The van der Waals surface area contributed by atoms with Crippen molar-refractivity contribution in [2.24, 2.45) is 0 Å². The van der Waals surface area contributed by atoms with Gasteiger partial charge in [0.2, 0.25) is 4.69 Å². The summed E-state index contributed by atoms with van der Waals surface area (Å²) >= 11 is 2.93. The lowest BCUT2D eigenvalue weighted by atomic mass is 10.2. The summed E-state index contributed by atoms with van der Waals surface area (Å²) in [6.45, 7) is 0.646. The summed E-state index contributed by atoms with van der Waals surface area (Å²) in [5, 5.41) is 7.95. The molecule has 7 heteroatoms. The van der Waals surface area contributed by atoms with Crippen molar-refractivity contribution in [2.75, 3.05) is 0 Å². The fraction of sp³-hybridized carbons (Fsp3) is 0.154. The van der Waals surface area contributed by atoms with E-state index in [4.69, 9.17) is 0 Å². The zero-order valence-electron chi connectivity index (χ0n) is 10.5. The molecule has 3 aromatic rings. The van der Waals surface area contributed by atoms with Gasteiger partial charge in [-0.25, -0.2) is 4.57 Å². The van der Waals surface area contributed by atoms with Crippen molar-refractivity contribution in [3.05, 3.63) is 43.2 Å². The fourth-order valence-corrected chi connectivity index (χ4v) is 2.12. The standard InChI is InChI=1S/C13H11BrN5O/c14-11(20)3-7-18-5-1-10(2-6-18)12-13-17-16-9-19(13)8-4-15-12/h1-2,4-6,8-9H,3,7H2/q+1. The molecular weight excluding hydrogens is 322 g/mol. The normalized spacial score (nSPS) is 10.8. The minimum Gasteiger partial charge on any atom is -0.286 e. The summed E-state index contributed by atoms with van der Waals surface area (Å²) < 4.78 is 3.78. The van der Waals surface area contributed by atoms with Gasteiger partial charge in [0.15, 0.2) is 24.6 Å². The highest BCUT2D eigenvalue weighted by Gasteiger charge is 2.10. The highest BCUT2D eigenvalue weighted by molar-refractivity contribution is 9.18. The van der Waals surface area contributed by atoms with Gasteiger partial charge >= 0.3 is 0 Å². The first-order valence-electron chi connectivity index (χ1n) is 6.06. The molecule has 0 unspecified atom stereocenters. The van der Waals surface area contributed by atoms with Crippen LogP contribution in [0.25, 0.3) is 16.9 Å². The fourth-order valence-electron chi connectivity index (χ4n) is 1.94. The third kappa shape index (κ3) is 2.57. The second-order valence-corrected chi connectivity index (χ2v) is 5.15. The van der Waals surface area contributed by atoms with Crippen LogP contribution in [-0.2, 0) is 11.3 Å². The molecule has 3 rings (SSSR count). The van der Waals surface area contributed by atoms with E-state index in [0.717, 1.165) is 16.9 Å². The monoisotopic (exact) mass is 332 g/mol. The Kier molecular flexibility index (Phi) is 3.51. The zero-order chi connectivity index (χ0) is 13.9. The van der Waals surface area contributed by atoms with Crippen LogP contribution in [0.3, 0.4) is 0 Å². The molecule has 0 bridgehead atoms. The average Bonchev–Trinajstić information content (AvgIpc) is 2.94. The number of pyridine rings is 1. The number of nitrogens with zero attached hydrogens (tertiary/aromatic N) is 5. The highest BCUT2D eigenvalue weighted by Crippen LogP contribution is 2.18. The molecule has 0 radical (unpaired) electrons. The number of hydrogen-bond acceptors (Lipinski definition) is 4. The van der Waals surface area contributed by atoms with Gasteiger partial charge in [-0.05, 0) is 15.9 Å². The van der Waals surface area contributed by atoms with Gasteiger partial charge in [0.1, 0.15) is 12.0 Å². The lowest BCUT2D eigenvalue weighted by Crippen LogP contribution is -2.33. The smallest absolute Gasteiger partial charge is 0.204 e. The van der Waals surface area contributed by atoms with Gasteiger partial charge in [-0.3, -0.25) is 14.2 Å². The maximum atomic E-state index is 10.9. The van der Waals surface area contributed by atoms with Gasteiger partial charge in [-0.15, -0.1) is 10.2 Å². The Labute approximate surface area is 123 Å². The molecule has 0 amide bonds. The van der Waals surface area contributed by atoms with E-state index in [1.165, 1.54) is 0 Å². The summed E-state index contributed by atoms with van der Waals surface area (Å²) in [4.78, 5) is 15.3. The van der Waals surface area contributed by atoms with Crippen molar-refractivity contribution in [1.29, 1.82) is 0 Å². The van der Waals surface area contributed by atoms with Crippen LogP contribution in [0.5, 0.6) is 0 Å². The molecular formula is C13H11BrN5O+. The molecule has 0 aromatic carbocycles. The topological polar surface area (TPSA) is 64.0 Å². The van der Waals surface area contributed by atoms with Gasteiger partial charge in [0.25, 0.3) is 0 Å². The summed E-state index contributed by atoms with van der Waals surface area (Å²) in [5.41, 5.74) is 2.47. The van der Waals surface area contributed by atoms with E-state index in [-0.39, 0.29) is 4.69 Å². The number of halogens is 1. The van der Waals surface area contributed by atoms with Crippen LogP contribution in [0, 0.1) is 0 Å². The SMILES string of the molecule is O=C(Br)CC[n+]1ccc(-c2nccn3cnnc23)cc1. The Hall–Kier alpha value is -2.15. The van der Waals surface area contributed by atoms with Crippen molar-refractivity contribution in [3.8, 4) is 11.3 Å². The van der Waals surface area contributed by atoms with E-state index < -0.39 is 0 Å². The molecule has 0 aliphatic rings. The van der Waals surface area contributed by atoms with Crippen LogP contribution in [0.2, 0.25) is 0 Å². The van der Waals surface area contributed by atoms with Gasteiger partial charge in [0, 0.05) is 30.1 Å². The van der Waals surface area contributed by atoms with E-state index in [1.54, 1.807) is 12.5 Å². The van der Waals surface area contributed by atoms with Gasteiger partial charge in [-0.2, -0.15) is 0 Å². The molecule has 6 nitrogen and oxygen atoms in total. The molecule has 0 atom stereocenters. The molecule has 0 aliphatic carbocycles. The lowest BCUT2D eigenvalue weighted by Gasteiger charge is -2.01. The summed E-state index contributed by atoms with van der Waals surface area (Å²) in [6.07, 6.45) is 9.48. The Morgan fingerprint density at radius 1 is 1.35 bits per heavy atom. The molecule has 100 valence electrons. The van der Waals surface area contributed by atoms with Crippen LogP contribution >= 0.6 is 15.9 Å². The Morgan fingerprint density at radius 2 is 2.15 bits per heavy atom. The predicted octanol–water partition coefficient (Wildman–Crippen LogP) is 1.39. The lowest BCUT2D eigenvalue weighted by molar-refractivity contribution is -0.695. The highest BCUT2D eigenvalue weighted by atomic mass is 79.9. The van der Waals surface area contributed by atoms with Crippen LogP contribution < -0.4 is 4.57 Å². The number of carbonyl (C=O) groups is 1. The van der Waals surface area contributed by atoms with E-state index >= 15 is 0 Å². The quantitative estimate of drug-likeness (QED) is 0.535. The van der Waals surface area contributed by atoms with Crippen LogP contribution in [0.15, 0.2) is 43.2 Å². The third-order valence-electron chi connectivity index (χ3n) is 2.95. The third-order valence-corrected chi connectivity index (χ3v) is 3.34. The van der Waals surface area contributed by atoms with Crippen LogP contribution in [-0.4, -0.2) is 24.3 Å². The number of hydrogen-bond donors (Lipinski definition) is 0. The van der Waals surface area contributed by atoms with Crippen molar-refractivity contribution in [1.82, 2.24) is 19.6 Å². The molecule has 20 heavy (non-hydrogen) atoms. The van der Waals surface area contributed by atoms with Crippen molar-refractivity contribution >= 4 is 26.3 Å². The minimum atomic E-state index is 0.00368. The molecule has 0 saturated heterocycles. The van der Waals surface area contributed by atoms with Gasteiger partial charge in [0.05, 0.1) is 6.42 Å². The molecule has 0 fully saturated rings. The maximum absolute atomic E-state index is 10.9. The summed E-state index contributed by atoms with van der Waals surface area (Å²) in [7, 11) is 0. The zero-order valence-corrected chi connectivity index (χ0v) is 12.1. The molecule has 0 spiro atoms. The Bertz CT molecular complexity index is 753. The minimum absolute atomic E-state index is 0.00368. The Morgan fingerprint density at radius 3 is 2.90 bits per heavy atom. The first-order chi connectivity index (χ1) is 9.74. The largest absolute Gasteiger partial charge is 0.286 e. The predicted molar refractivity (Wildman–Crippen MR) is 75.0 cm³/mol. The number of carbonyl (C=O) groups excluding carboxylic acids is 1. The summed E-state index contributed by atoms with van der Waals surface area (Å²) in [5.74, 6) is 0. The van der Waals surface area contributed by atoms with Crippen molar-refractivity contribution in [2.45, 2.75) is 13.0 Å². The van der Waals surface area contributed by atoms with E-state index in [2.05, 4.69) is 31.1 Å². The van der Waals surface area contributed by atoms with Gasteiger partial charge < -0.3 is 0 Å². The maximum Gasteiger partial charge on any atom is 0.204 e. The van der Waals surface area contributed by atoms with Gasteiger partial charge in [-0.1, -0.05) is 0 Å².